The van der Waals surface area contributed by atoms with Crippen molar-refractivity contribution < 1.29 is 29.4 Å². The van der Waals surface area contributed by atoms with Crippen molar-refractivity contribution in [1.29, 1.82) is 0 Å². The van der Waals surface area contributed by atoms with E-state index < -0.39 is 29.6 Å². The third-order valence-corrected chi connectivity index (χ3v) is 9.99. The van der Waals surface area contributed by atoms with Crippen LogP contribution in [-0.2, 0) is 19.2 Å². The molecule has 0 aromatic carbocycles. The van der Waals surface area contributed by atoms with Crippen LogP contribution >= 0.6 is 0 Å². The first kappa shape index (κ1) is 25.9. The number of fused-ring (bicyclic) bond motifs is 7. The molecule has 2 aliphatic heterocycles. The van der Waals surface area contributed by atoms with Gasteiger partial charge in [0.25, 0.3) is 5.91 Å². The van der Waals surface area contributed by atoms with Gasteiger partial charge in [0.1, 0.15) is 23.2 Å². The summed E-state index contributed by atoms with van der Waals surface area (Å²) in [6, 6.07) is -1.17. The molecule has 2 heterocycles. The van der Waals surface area contributed by atoms with Gasteiger partial charge in [0.2, 0.25) is 5.91 Å². The van der Waals surface area contributed by atoms with Gasteiger partial charge in [0, 0.05) is 18.9 Å². The van der Waals surface area contributed by atoms with E-state index in [1.807, 2.05) is 6.08 Å². The van der Waals surface area contributed by atoms with Crippen molar-refractivity contribution in [1.82, 2.24) is 10.6 Å². The van der Waals surface area contributed by atoms with E-state index in [0.29, 0.717) is 36.5 Å². The molecule has 0 aromatic rings. The summed E-state index contributed by atoms with van der Waals surface area (Å²) in [4.78, 5) is 51.2. The van der Waals surface area contributed by atoms with Crippen molar-refractivity contribution in [2.75, 3.05) is 6.54 Å². The molecule has 5 rings (SSSR count). The van der Waals surface area contributed by atoms with Gasteiger partial charge in [-0.1, -0.05) is 32.4 Å². The van der Waals surface area contributed by atoms with Crippen molar-refractivity contribution in [2.45, 2.75) is 64.5 Å². The lowest BCUT2D eigenvalue weighted by atomic mass is 9.63. The van der Waals surface area contributed by atoms with Crippen LogP contribution in [0.4, 0.5) is 0 Å². The number of nitrogens with one attached hydrogen (secondary N) is 2. The lowest BCUT2D eigenvalue weighted by molar-refractivity contribution is -0.131. The summed E-state index contributed by atoms with van der Waals surface area (Å²) in [7, 11) is 0. The molecule has 1 saturated heterocycles. The van der Waals surface area contributed by atoms with Gasteiger partial charge in [-0.3, -0.25) is 19.2 Å². The number of aliphatic hydroxyl groups excluding tert-OH is 2. The Bertz CT molecular complexity index is 1080. The molecule has 2 amide bonds. The van der Waals surface area contributed by atoms with E-state index in [0.717, 1.165) is 12.8 Å². The number of ketones is 2. The van der Waals surface area contributed by atoms with Crippen LogP contribution in [0.1, 0.15) is 52.4 Å². The Balaban J connectivity index is 1.47. The summed E-state index contributed by atoms with van der Waals surface area (Å²) in [6.45, 7) is 4.68. The Kier molecular flexibility index (Phi) is 7.14. The number of carbonyl (C=O) groups is 4. The first-order chi connectivity index (χ1) is 17.7. The third kappa shape index (κ3) is 4.58. The first-order valence-corrected chi connectivity index (χ1v) is 13.8. The van der Waals surface area contributed by atoms with Crippen molar-refractivity contribution in [3.05, 3.63) is 35.6 Å². The minimum Gasteiger partial charge on any atom is -0.507 e. The number of hydrogen-bond donors (Lipinski definition) is 4. The quantitative estimate of drug-likeness (QED) is 0.401. The van der Waals surface area contributed by atoms with Gasteiger partial charge < -0.3 is 20.8 Å². The molecule has 2 bridgehead atoms. The summed E-state index contributed by atoms with van der Waals surface area (Å²) in [5.74, 6) is 0.507. The van der Waals surface area contributed by atoms with Gasteiger partial charge in [0.15, 0.2) is 5.78 Å². The Morgan fingerprint density at radius 1 is 1.08 bits per heavy atom. The molecular weight excluding hydrogens is 472 g/mol. The van der Waals surface area contributed by atoms with Crippen LogP contribution in [0.5, 0.6) is 0 Å². The maximum atomic E-state index is 13.5. The van der Waals surface area contributed by atoms with Crippen LogP contribution in [0.25, 0.3) is 0 Å². The fourth-order valence-corrected chi connectivity index (χ4v) is 8.25. The number of carbonyl (C=O) groups excluding carboxylic acids is 4. The van der Waals surface area contributed by atoms with Gasteiger partial charge in [-0.15, -0.1) is 0 Å². The fourth-order valence-electron chi connectivity index (χ4n) is 8.25. The third-order valence-electron chi connectivity index (χ3n) is 9.99. The van der Waals surface area contributed by atoms with Crippen LogP contribution in [0.3, 0.4) is 0 Å². The molecule has 200 valence electrons. The van der Waals surface area contributed by atoms with Gasteiger partial charge >= 0.3 is 0 Å². The van der Waals surface area contributed by atoms with Crippen LogP contribution in [0.2, 0.25) is 0 Å². The number of aliphatic hydroxyl groups is 2. The normalized spacial score (nSPS) is 43.2. The Hall–Kier alpha value is -2.74. The van der Waals surface area contributed by atoms with Gasteiger partial charge in [-0.25, -0.2) is 0 Å². The molecular formula is C29H38N2O6. The standard InChI is InChI=1S/C29H38N2O6/c1-3-15-11-17-12-19-18-5-4-6-23(35)30-10-9-21(33)27-28(36)26(29(37)31-27)20(32)8-7-16(18)13-22(34)25(19)24(17)14(15)2/h4,6-8,14-19,21,24-25,27,32-33H,3,5,9-13H2,1-2H3,(H,30,35)(H,31,37)/b6-4?,8-7+,26-20?/t14-,15-,16+,17-,18-,19+,21+,24+,25-,27-/m0/s1. The van der Waals surface area contributed by atoms with Gasteiger partial charge in [0.05, 0.1) is 6.10 Å². The van der Waals surface area contributed by atoms with E-state index in [9.17, 15) is 29.4 Å². The van der Waals surface area contributed by atoms with Crippen molar-refractivity contribution in [3.63, 3.8) is 0 Å². The Labute approximate surface area is 217 Å². The second-order valence-electron chi connectivity index (χ2n) is 11.7. The van der Waals surface area contributed by atoms with Crippen molar-refractivity contribution >= 4 is 23.4 Å². The lowest BCUT2D eigenvalue weighted by Crippen LogP contribution is -2.42. The summed E-state index contributed by atoms with van der Waals surface area (Å²) in [5.41, 5.74) is -0.372. The number of rotatable bonds is 1. The molecule has 10 atom stereocenters. The molecule has 8 heteroatoms. The molecule has 3 saturated carbocycles. The Morgan fingerprint density at radius 3 is 2.62 bits per heavy atom. The van der Waals surface area contributed by atoms with Crippen LogP contribution in [0.15, 0.2) is 35.6 Å². The highest BCUT2D eigenvalue weighted by Crippen LogP contribution is 2.61. The zero-order valence-electron chi connectivity index (χ0n) is 21.6. The number of hydrogen-bond acceptors (Lipinski definition) is 6. The maximum absolute atomic E-state index is 13.5. The van der Waals surface area contributed by atoms with E-state index in [4.69, 9.17) is 0 Å². The minimum absolute atomic E-state index is 0.0374. The summed E-state index contributed by atoms with van der Waals surface area (Å²) < 4.78 is 0. The SMILES string of the molecule is CC[C@H]1C[C@H]2C[C@@H]3[C@H]4CC=CC(=O)NCC[C@@H](O)[C@@H]5NC(=O)C(=C(O)/C=C/[C@@H]4CC(=O)[C@H]3[C@@H]2[C@H]1C)C5=O. The highest BCUT2D eigenvalue weighted by atomic mass is 16.3. The highest BCUT2D eigenvalue weighted by molar-refractivity contribution is 6.27. The van der Waals surface area contributed by atoms with Crippen LogP contribution < -0.4 is 10.6 Å². The van der Waals surface area contributed by atoms with Gasteiger partial charge in [-0.2, -0.15) is 0 Å². The zero-order valence-corrected chi connectivity index (χ0v) is 21.6. The van der Waals surface area contributed by atoms with Crippen LogP contribution in [0, 0.1) is 47.3 Å². The average Bonchev–Trinajstić information content (AvgIpc) is 3.48. The monoisotopic (exact) mass is 510 g/mol. The van der Waals surface area contributed by atoms with Crippen molar-refractivity contribution in [3.8, 4) is 0 Å². The highest BCUT2D eigenvalue weighted by Gasteiger charge is 2.58. The number of allylic oxidation sites excluding steroid dienone is 3. The minimum atomic E-state index is -1.20. The molecule has 37 heavy (non-hydrogen) atoms. The van der Waals surface area contributed by atoms with Crippen molar-refractivity contribution in [2.24, 2.45) is 47.3 Å². The molecule has 0 unspecified atom stereocenters. The predicted octanol–water partition coefficient (Wildman–Crippen LogP) is 2.39. The summed E-state index contributed by atoms with van der Waals surface area (Å²) in [5, 5.41) is 26.3. The summed E-state index contributed by atoms with van der Waals surface area (Å²) >= 11 is 0. The molecule has 5 aliphatic rings. The van der Waals surface area contributed by atoms with Crippen LogP contribution in [-0.4, -0.2) is 52.3 Å². The molecule has 0 radical (unpaired) electrons. The van der Waals surface area contributed by atoms with E-state index >= 15 is 0 Å². The predicted molar refractivity (Wildman–Crippen MR) is 136 cm³/mol. The average molecular weight is 511 g/mol. The van der Waals surface area contributed by atoms with E-state index in [1.54, 1.807) is 6.08 Å². The molecule has 3 aliphatic carbocycles. The topological polar surface area (TPSA) is 133 Å². The molecule has 0 spiro atoms. The number of Topliss-reactive ketones (excluding diaryl/α,β-unsaturated/α-hetero) is 2. The molecule has 0 aromatic heterocycles. The van der Waals surface area contributed by atoms with E-state index in [-0.39, 0.29) is 53.9 Å². The smallest absolute Gasteiger partial charge is 0.259 e. The molecule has 8 nitrogen and oxygen atoms in total. The van der Waals surface area contributed by atoms with Gasteiger partial charge in [-0.05, 0) is 79.3 Å². The number of amides is 2. The fraction of sp³-hybridized carbons (Fsp3) is 0.655. The largest absolute Gasteiger partial charge is 0.507 e. The van der Waals surface area contributed by atoms with E-state index in [1.165, 1.54) is 18.6 Å². The second kappa shape index (κ2) is 10.2. The second-order valence-corrected chi connectivity index (χ2v) is 11.7. The maximum Gasteiger partial charge on any atom is 0.259 e. The Morgan fingerprint density at radius 2 is 1.86 bits per heavy atom. The lowest BCUT2D eigenvalue weighted by Gasteiger charge is -2.40. The summed E-state index contributed by atoms with van der Waals surface area (Å²) in [6.07, 6.45) is 9.70. The first-order valence-electron chi connectivity index (χ1n) is 13.8. The van der Waals surface area contributed by atoms with E-state index in [2.05, 4.69) is 24.5 Å². The zero-order chi connectivity index (χ0) is 26.4. The molecule has 4 fully saturated rings. The molecule has 4 N–H and O–H groups in total.